The van der Waals surface area contributed by atoms with E-state index >= 15 is 0 Å². The fourth-order valence-electron chi connectivity index (χ4n) is 2.65. The summed E-state index contributed by atoms with van der Waals surface area (Å²) in [7, 11) is 0. The molecule has 2 aromatic rings. The van der Waals surface area contributed by atoms with Crippen molar-refractivity contribution in [3.63, 3.8) is 0 Å². The number of benzene rings is 1. The third kappa shape index (κ3) is 3.07. The lowest BCUT2D eigenvalue weighted by atomic mass is 10.2. The molecule has 0 bridgehead atoms. The van der Waals surface area contributed by atoms with Gasteiger partial charge in [-0.2, -0.15) is 0 Å². The number of hydrogen-bond donors (Lipinski definition) is 2. The van der Waals surface area contributed by atoms with E-state index in [-0.39, 0.29) is 24.4 Å². The van der Waals surface area contributed by atoms with Crippen molar-refractivity contribution < 1.29 is 14.3 Å². The minimum Gasteiger partial charge on any atom is -0.395 e. The molecule has 112 valence electrons. The first-order chi connectivity index (χ1) is 10.2. The number of amides is 1. The zero-order valence-electron chi connectivity index (χ0n) is 11.5. The highest BCUT2D eigenvalue weighted by atomic mass is 32.1. The number of halogens is 1. The van der Waals surface area contributed by atoms with Crippen molar-refractivity contribution in [2.24, 2.45) is 0 Å². The van der Waals surface area contributed by atoms with Crippen LogP contribution >= 0.6 is 11.3 Å². The lowest BCUT2D eigenvalue weighted by molar-refractivity contribution is 0.0794. The first kappa shape index (κ1) is 14.4. The first-order valence-corrected chi connectivity index (χ1v) is 7.81. The number of fused-ring (bicyclic) bond motifs is 1. The smallest absolute Gasteiger partial charge is 0.264 e. The monoisotopic (exact) mass is 308 g/mol. The van der Waals surface area contributed by atoms with Crippen LogP contribution in [0.1, 0.15) is 16.1 Å². The van der Waals surface area contributed by atoms with Crippen LogP contribution in [0.25, 0.3) is 10.1 Å². The third-order valence-corrected chi connectivity index (χ3v) is 4.80. The molecule has 6 heteroatoms. The number of aliphatic hydroxyl groups is 1. The number of aliphatic hydroxyl groups excluding tert-OH is 1. The SMILES string of the molecule is O=C(c1cc2ccc(F)cc2s1)N1CCC(NCCO)C1. The van der Waals surface area contributed by atoms with Gasteiger partial charge in [0.15, 0.2) is 0 Å². The Bertz CT molecular complexity index is 658. The molecule has 21 heavy (non-hydrogen) atoms. The Kier molecular flexibility index (Phi) is 4.19. The normalized spacial score (nSPS) is 18.6. The molecule has 0 radical (unpaired) electrons. The number of rotatable bonds is 4. The average molecular weight is 308 g/mol. The minimum absolute atomic E-state index is 0.00454. The summed E-state index contributed by atoms with van der Waals surface area (Å²) in [6.07, 6.45) is 0.894. The number of thiophene rings is 1. The predicted octanol–water partition coefficient (Wildman–Crippen LogP) is 1.84. The topological polar surface area (TPSA) is 52.6 Å². The number of nitrogens with zero attached hydrogens (tertiary/aromatic N) is 1. The van der Waals surface area contributed by atoms with Gasteiger partial charge in [0, 0.05) is 30.4 Å². The molecule has 1 aliphatic rings. The number of carbonyl (C=O) groups excluding carboxylic acids is 1. The van der Waals surface area contributed by atoms with Gasteiger partial charge in [0.05, 0.1) is 11.5 Å². The molecule has 4 nitrogen and oxygen atoms in total. The lowest BCUT2D eigenvalue weighted by Crippen LogP contribution is -2.36. The summed E-state index contributed by atoms with van der Waals surface area (Å²) < 4.78 is 14.0. The second kappa shape index (κ2) is 6.09. The molecule has 0 saturated carbocycles. The van der Waals surface area contributed by atoms with Gasteiger partial charge in [-0.25, -0.2) is 4.39 Å². The Balaban J connectivity index is 1.72. The fraction of sp³-hybridized carbons (Fsp3) is 0.400. The Labute approximate surface area is 126 Å². The van der Waals surface area contributed by atoms with Gasteiger partial charge in [0.2, 0.25) is 0 Å². The maximum atomic E-state index is 13.2. The van der Waals surface area contributed by atoms with Crippen molar-refractivity contribution in [2.45, 2.75) is 12.5 Å². The third-order valence-electron chi connectivity index (χ3n) is 3.71. The summed E-state index contributed by atoms with van der Waals surface area (Å²) in [5.41, 5.74) is 0. The van der Waals surface area contributed by atoms with Gasteiger partial charge in [0.1, 0.15) is 5.82 Å². The van der Waals surface area contributed by atoms with Crippen molar-refractivity contribution >= 4 is 27.3 Å². The number of carbonyl (C=O) groups is 1. The van der Waals surface area contributed by atoms with Crippen molar-refractivity contribution in [3.8, 4) is 0 Å². The Hall–Kier alpha value is -1.50. The summed E-state index contributed by atoms with van der Waals surface area (Å²) in [4.78, 5) is 15.0. The van der Waals surface area contributed by atoms with Crippen LogP contribution in [-0.4, -0.2) is 48.2 Å². The molecule has 1 saturated heterocycles. The fourth-order valence-corrected chi connectivity index (χ4v) is 3.70. The quantitative estimate of drug-likeness (QED) is 0.906. The molecule has 2 N–H and O–H groups in total. The van der Waals surface area contributed by atoms with Crippen LogP contribution in [0.3, 0.4) is 0 Å². The maximum absolute atomic E-state index is 13.2. The first-order valence-electron chi connectivity index (χ1n) is 7.00. The standard InChI is InChI=1S/C15H17FN2O2S/c16-11-2-1-10-7-14(21-13(10)8-11)15(20)18-5-3-12(9-18)17-4-6-19/h1-2,7-8,12,17,19H,3-6,9H2. The molecule has 1 aromatic carbocycles. The van der Waals surface area contributed by atoms with E-state index < -0.39 is 0 Å². The van der Waals surface area contributed by atoms with Crippen molar-refractivity contribution in [1.29, 1.82) is 0 Å². The van der Waals surface area contributed by atoms with Crippen molar-refractivity contribution in [2.75, 3.05) is 26.2 Å². The molecule has 3 rings (SSSR count). The molecule has 0 aliphatic carbocycles. The van der Waals surface area contributed by atoms with Crippen LogP contribution in [0.15, 0.2) is 24.3 Å². The van der Waals surface area contributed by atoms with Crippen molar-refractivity contribution in [3.05, 3.63) is 35.0 Å². The molecule has 1 aliphatic heterocycles. The molecule has 0 spiro atoms. The van der Waals surface area contributed by atoms with E-state index in [0.717, 1.165) is 16.5 Å². The van der Waals surface area contributed by atoms with Crippen molar-refractivity contribution in [1.82, 2.24) is 10.2 Å². The lowest BCUT2D eigenvalue weighted by Gasteiger charge is -2.15. The van der Waals surface area contributed by atoms with Crippen LogP contribution < -0.4 is 5.32 Å². The van der Waals surface area contributed by atoms with E-state index in [1.165, 1.54) is 23.5 Å². The van der Waals surface area contributed by atoms with E-state index in [0.29, 0.717) is 24.5 Å². The minimum atomic E-state index is -0.280. The highest BCUT2D eigenvalue weighted by Gasteiger charge is 2.27. The molecular formula is C15H17FN2O2S. The van der Waals surface area contributed by atoms with Gasteiger partial charge in [-0.1, -0.05) is 6.07 Å². The Morgan fingerprint density at radius 3 is 3.14 bits per heavy atom. The van der Waals surface area contributed by atoms with Crippen LogP contribution in [0.2, 0.25) is 0 Å². The maximum Gasteiger partial charge on any atom is 0.264 e. The highest BCUT2D eigenvalue weighted by molar-refractivity contribution is 7.20. The van der Waals surface area contributed by atoms with Crippen LogP contribution in [-0.2, 0) is 0 Å². The van der Waals surface area contributed by atoms with E-state index in [2.05, 4.69) is 5.32 Å². The predicted molar refractivity (Wildman–Crippen MR) is 81.2 cm³/mol. The highest BCUT2D eigenvalue weighted by Crippen LogP contribution is 2.28. The average Bonchev–Trinajstić information content (AvgIpc) is 3.10. The second-order valence-electron chi connectivity index (χ2n) is 5.21. The van der Waals surface area contributed by atoms with Gasteiger partial charge in [-0.05, 0) is 30.0 Å². The Morgan fingerprint density at radius 2 is 2.33 bits per heavy atom. The van der Waals surface area contributed by atoms with Gasteiger partial charge in [0.25, 0.3) is 5.91 Å². The number of likely N-dealkylation sites (tertiary alicyclic amines) is 1. The summed E-state index contributed by atoms with van der Waals surface area (Å²) in [5, 5.41) is 12.9. The largest absolute Gasteiger partial charge is 0.395 e. The summed E-state index contributed by atoms with van der Waals surface area (Å²) in [6, 6.07) is 6.65. The zero-order valence-corrected chi connectivity index (χ0v) is 12.3. The number of nitrogens with one attached hydrogen (secondary N) is 1. The summed E-state index contributed by atoms with van der Waals surface area (Å²) in [5.74, 6) is -0.275. The molecule has 1 amide bonds. The summed E-state index contributed by atoms with van der Waals surface area (Å²) in [6.45, 7) is 2.02. The Morgan fingerprint density at radius 1 is 1.48 bits per heavy atom. The van der Waals surface area contributed by atoms with E-state index in [1.807, 2.05) is 11.0 Å². The van der Waals surface area contributed by atoms with Crippen LogP contribution in [0.5, 0.6) is 0 Å². The van der Waals surface area contributed by atoms with E-state index in [1.54, 1.807) is 6.07 Å². The van der Waals surface area contributed by atoms with Gasteiger partial charge in [-0.15, -0.1) is 11.3 Å². The second-order valence-corrected chi connectivity index (χ2v) is 6.29. The molecule has 1 aromatic heterocycles. The van der Waals surface area contributed by atoms with Gasteiger partial charge in [-0.3, -0.25) is 4.79 Å². The van der Waals surface area contributed by atoms with Gasteiger partial charge < -0.3 is 15.3 Å². The van der Waals surface area contributed by atoms with Crippen LogP contribution in [0, 0.1) is 5.82 Å². The van der Waals surface area contributed by atoms with Gasteiger partial charge >= 0.3 is 0 Å². The molecule has 1 fully saturated rings. The number of hydrogen-bond acceptors (Lipinski definition) is 4. The zero-order chi connectivity index (χ0) is 14.8. The van der Waals surface area contributed by atoms with E-state index in [4.69, 9.17) is 5.11 Å². The molecular weight excluding hydrogens is 291 g/mol. The summed E-state index contributed by atoms with van der Waals surface area (Å²) >= 11 is 1.33. The molecule has 1 atom stereocenters. The van der Waals surface area contributed by atoms with E-state index in [9.17, 15) is 9.18 Å². The molecule has 2 heterocycles. The van der Waals surface area contributed by atoms with Crippen LogP contribution in [0.4, 0.5) is 4.39 Å². The molecule has 1 unspecified atom stereocenters.